The van der Waals surface area contributed by atoms with Crippen LogP contribution in [-0.2, 0) is 11.3 Å². The Balaban J connectivity index is 1.84. The van der Waals surface area contributed by atoms with Crippen molar-refractivity contribution in [2.75, 3.05) is 0 Å². The van der Waals surface area contributed by atoms with Gasteiger partial charge in [-0.15, -0.1) is 0 Å². The molecular weight excluding hydrogens is 232 g/mol. The molecule has 0 radical (unpaired) electrons. The topological polar surface area (TPSA) is 9.23 Å². The first kappa shape index (κ1) is 13.2. The molecule has 0 fully saturated rings. The van der Waals surface area contributed by atoms with Crippen LogP contribution in [0.5, 0.6) is 0 Å². The summed E-state index contributed by atoms with van der Waals surface area (Å²) in [6, 6.07) is 20.4. The normalized spacial score (nSPS) is 11.7. The lowest BCUT2D eigenvalue weighted by atomic mass is 10.1. The Kier molecular flexibility index (Phi) is 5.00. The third-order valence-corrected chi connectivity index (χ3v) is 2.71. The van der Waals surface area contributed by atoms with Gasteiger partial charge in [-0.25, -0.2) is 0 Å². The lowest BCUT2D eigenvalue weighted by Crippen LogP contribution is -1.85. The maximum absolute atomic E-state index is 5.51. The number of hydrogen-bond donors (Lipinski definition) is 0. The summed E-state index contributed by atoms with van der Waals surface area (Å²) in [6.45, 7) is 2.67. The molecule has 0 aliphatic carbocycles. The fraction of sp³-hybridized carbons (Fsp3) is 0.111. The number of ether oxygens (including phenoxy) is 1. The first-order chi connectivity index (χ1) is 9.34. The van der Waals surface area contributed by atoms with Gasteiger partial charge in [0.2, 0.25) is 0 Å². The van der Waals surface area contributed by atoms with Crippen LogP contribution in [0.15, 0.2) is 78.6 Å². The van der Waals surface area contributed by atoms with E-state index >= 15 is 0 Å². The lowest BCUT2D eigenvalue weighted by molar-refractivity contribution is 0.236. The van der Waals surface area contributed by atoms with E-state index in [1.54, 1.807) is 6.26 Å². The van der Waals surface area contributed by atoms with Crippen LogP contribution in [0.2, 0.25) is 0 Å². The summed E-state index contributed by atoms with van der Waals surface area (Å²) in [6.07, 6.45) is 5.86. The fourth-order valence-corrected chi connectivity index (χ4v) is 1.73. The molecule has 0 bridgehead atoms. The summed E-state index contributed by atoms with van der Waals surface area (Å²) < 4.78 is 5.51. The molecular formula is C18H18O. The monoisotopic (exact) mass is 250 g/mol. The van der Waals surface area contributed by atoms with E-state index < -0.39 is 0 Å². The van der Waals surface area contributed by atoms with Gasteiger partial charge >= 0.3 is 0 Å². The van der Waals surface area contributed by atoms with Crippen LogP contribution in [-0.4, -0.2) is 0 Å². The molecule has 96 valence electrons. The molecule has 0 amide bonds. The van der Waals surface area contributed by atoms with Crippen LogP contribution in [0.1, 0.15) is 18.1 Å². The van der Waals surface area contributed by atoms with Crippen molar-refractivity contribution in [3.8, 4) is 0 Å². The highest BCUT2D eigenvalue weighted by molar-refractivity contribution is 5.54. The van der Waals surface area contributed by atoms with Gasteiger partial charge in [-0.1, -0.05) is 66.7 Å². The van der Waals surface area contributed by atoms with Gasteiger partial charge in [-0.05, 0) is 29.7 Å². The molecule has 1 heteroatoms. The number of benzene rings is 2. The van der Waals surface area contributed by atoms with Gasteiger partial charge in [-0.2, -0.15) is 0 Å². The second-order valence-electron chi connectivity index (χ2n) is 4.40. The minimum atomic E-state index is 0.607. The lowest BCUT2D eigenvalue weighted by Gasteiger charge is -2.00. The highest BCUT2D eigenvalue weighted by Gasteiger charge is 1.89. The zero-order chi connectivity index (χ0) is 13.3. The van der Waals surface area contributed by atoms with Crippen molar-refractivity contribution in [2.24, 2.45) is 0 Å². The second kappa shape index (κ2) is 7.22. The first-order valence-corrected chi connectivity index (χ1v) is 6.40. The maximum Gasteiger partial charge on any atom is 0.112 e. The van der Waals surface area contributed by atoms with Gasteiger partial charge in [0.25, 0.3) is 0 Å². The highest BCUT2D eigenvalue weighted by Crippen LogP contribution is 2.07. The molecule has 1 nitrogen and oxygen atoms in total. The Morgan fingerprint density at radius 3 is 2.26 bits per heavy atom. The minimum absolute atomic E-state index is 0.607. The third kappa shape index (κ3) is 4.84. The third-order valence-electron chi connectivity index (χ3n) is 2.71. The maximum atomic E-state index is 5.51. The summed E-state index contributed by atoms with van der Waals surface area (Å²) in [5.41, 5.74) is 3.55. The first-order valence-electron chi connectivity index (χ1n) is 6.40. The Morgan fingerprint density at radius 2 is 1.58 bits per heavy atom. The van der Waals surface area contributed by atoms with Crippen molar-refractivity contribution in [3.05, 3.63) is 89.7 Å². The molecule has 0 aliphatic heterocycles. The molecule has 0 aliphatic rings. The van der Waals surface area contributed by atoms with Gasteiger partial charge in [-0.3, -0.25) is 0 Å². The van der Waals surface area contributed by atoms with E-state index in [9.17, 15) is 0 Å². The van der Waals surface area contributed by atoms with Gasteiger partial charge in [0.15, 0.2) is 0 Å². The summed E-state index contributed by atoms with van der Waals surface area (Å²) in [5, 5.41) is 0. The van der Waals surface area contributed by atoms with Crippen LogP contribution in [0, 0.1) is 0 Å². The Morgan fingerprint density at radius 1 is 0.947 bits per heavy atom. The number of hydrogen-bond acceptors (Lipinski definition) is 1. The van der Waals surface area contributed by atoms with Crippen molar-refractivity contribution in [3.63, 3.8) is 0 Å². The van der Waals surface area contributed by atoms with Crippen LogP contribution in [0.25, 0.3) is 6.08 Å². The second-order valence-corrected chi connectivity index (χ2v) is 4.40. The zero-order valence-corrected chi connectivity index (χ0v) is 11.1. The fourth-order valence-electron chi connectivity index (χ4n) is 1.73. The van der Waals surface area contributed by atoms with Crippen LogP contribution in [0.4, 0.5) is 0 Å². The molecule has 2 rings (SSSR count). The van der Waals surface area contributed by atoms with Gasteiger partial charge in [0.05, 0.1) is 6.26 Å². The Bertz CT molecular complexity index is 538. The number of allylic oxidation sites excluding steroid dienone is 2. The molecule has 0 N–H and O–H groups in total. The molecule has 0 unspecified atom stereocenters. The zero-order valence-electron chi connectivity index (χ0n) is 11.1. The largest absolute Gasteiger partial charge is 0.497 e. The highest BCUT2D eigenvalue weighted by atomic mass is 16.5. The molecule has 0 atom stereocenters. The van der Waals surface area contributed by atoms with E-state index in [-0.39, 0.29) is 0 Å². The number of rotatable bonds is 5. The average molecular weight is 250 g/mol. The molecule has 0 saturated heterocycles. The van der Waals surface area contributed by atoms with E-state index in [0.717, 1.165) is 0 Å². The summed E-state index contributed by atoms with van der Waals surface area (Å²) in [7, 11) is 0. The van der Waals surface area contributed by atoms with Gasteiger partial charge in [0, 0.05) is 0 Å². The van der Waals surface area contributed by atoms with Crippen molar-refractivity contribution in [2.45, 2.75) is 13.5 Å². The van der Waals surface area contributed by atoms with Crippen molar-refractivity contribution < 1.29 is 4.74 Å². The average Bonchev–Trinajstić information content (AvgIpc) is 2.46. The minimum Gasteiger partial charge on any atom is -0.497 e. The predicted molar refractivity (Wildman–Crippen MR) is 80.5 cm³/mol. The summed E-state index contributed by atoms with van der Waals surface area (Å²) in [5.74, 6) is 0. The summed E-state index contributed by atoms with van der Waals surface area (Å²) in [4.78, 5) is 0. The standard InChI is InChI=1S/C18H18O/c1-16(14-17-8-4-2-5-9-17)12-13-19-15-18-10-6-3-7-11-18/h2-14H,15H2,1H3/b13-12-,16-14+. The molecule has 0 heterocycles. The van der Waals surface area contributed by atoms with E-state index in [4.69, 9.17) is 4.74 Å². The molecule has 0 saturated carbocycles. The molecule has 19 heavy (non-hydrogen) atoms. The van der Waals surface area contributed by atoms with Crippen LogP contribution in [0.3, 0.4) is 0 Å². The molecule has 0 spiro atoms. The van der Waals surface area contributed by atoms with E-state index in [2.05, 4.69) is 37.3 Å². The molecule has 0 aromatic heterocycles. The van der Waals surface area contributed by atoms with Gasteiger partial charge in [0.1, 0.15) is 6.61 Å². The van der Waals surface area contributed by atoms with Crippen molar-refractivity contribution >= 4 is 6.08 Å². The quantitative estimate of drug-likeness (QED) is 0.546. The Labute approximate surface area is 114 Å². The Hall–Kier alpha value is -2.28. The van der Waals surface area contributed by atoms with Crippen LogP contribution >= 0.6 is 0 Å². The summed E-state index contributed by atoms with van der Waals surface area (Å²) >= 11 is 0. The SMILES string of the molecule is CC(/C=C\OCc1ccccc1)=C\c1ccccc1. The molecule has 2 aromatic rings. The molecule has 2 aromatic carbocycles. The van der Waals surface area contributed by atoms with E-state index in [1.165, 1.54) is 16.7 Å². The van der Waals surface area contributed by atoms with E-state index in [1.807, 2.05) is 42.5 Å². The smallest absolute Gasteiger partial charge is 0.112 e. The van der Waals surface area contributed by atoms with Crippen molar-refractivity contribution in [1.29, 1.82) is 0 Å². The van der Waals surface area contributed by atoms with E-state index in [0.29, 0.717) is 6.61 Å². The van der Waals surface area contributed by atoms with Crippen molar-refractivity contribution in [1.82, 2.24) is 0 Å². The predicted octanol–water partition coefficient (Wildman–Crippen LogP) is 4.82. The van der Waals surface area contributed by atoms with Crippen LogP contribution < -0.4 is 0 Å². The van der Waals surface area contributed by atoms with Gasteiger partial charge < -0.3 is 4.74 Å².